The van der Waals surface area contributed by atoms with Crippen molar-refractivity contribution in [3.63, 3.8) is 0 Å². The zero-order valence-electron chi connectivity index (χ0n) is 11.3. The van der Waals surface area contributed by atoms with E-state index in [1.807, 2.05) is 36.0 Å². The number of hydrogen-bond donors (Lipinski definition) is 0. The molecular formula is C17H18OS2. The quantitative estimate of drug-likeness (QED) is 0.686. The van der Waals surface area contributed by atoms with Crippen molar-refractivity contribution in [3.8, 4) is 0 Å². The van der Waals surface area contributed by atoms with Gasteiger partial charge in [-0.05, 0) is 11.1 Å². The third-order valence-electron chi connectivity index (χ3n) is 2.80. The van der Waals surface area contributed by atoms with Crippen LogP contribution in [-0.2, 0) is 16.3 Å². The van der Waals surface area contributed by atoms with E-state index in [9.17, 15) is 4.79 Å². The van der Waals surface area contributed by atoms with Crippen LogP contribution in [0.4, 0.5) is 0 Å². The highest BCUT2D eigenvalue weighted by atomic mass is 32.2. The number of thioether (sulfide) groups is 2. The lowest BCUT2D eigenvalue weighted by Gasteiger charge is -2.02. The Morgan fingerprint density at radius 1 is 0.800 bits per heavy atom. The summed E-state index contributed by atoms with van der Waals surface area (Å²) in [5.74, 6) is 2.66. The lowest BCUT2D eigenvalue weighted by molar-refractivity contribution is -0.110. The second-order valence-electron chi connectivity index (χ2n) is 4.43. The smallest absolute Gasteiger partial charge is 0.190 e. The Balaban J connectivity index is 1.59. The third-order valence-corrected chi connectivity index (χ3v) is 4.84. The van der Waals surface area contributed by atoms with Crippen LogP contribution in [0.25, 0.3) is 0 Å². The number of carbonyl (C=O) groups is 1. The maximum Gasteiger partial charge on any atom is 0.190 e. The van der Waals surface area contributed by atoms with Crippen LogP contribution in [-0.4, -0.2) is 10.9 Å². The number of rotatable bonds is 7. The molecule has 0 aliphatic heterocycles. The average Bonchev–Trinajstić information content (AvgIpc) is 2.52. The Labute approximate surface area is 129 Å². The molecule has 0 N–H and O–H groups in total. The molecule has 0 aliphatic rings. The summed E-state index contributed by atoms with van der Waals surface area (Å²) in [7, 11) is 0. The van der Waals surface area contributed by atoms with Crippen molar-refractivity contribution in [1.82, 2.24) is 0 Å². The summed E-state index contributed by atoms with van der Waals surface area (Å²) in [6.45, 7) is 0. The fourth-order valence-corrected chi connectivity index (χ4v) is 3.53. The maximum absolute atomic E-state index is 11.8. The van der Waals surface area contributed by atoms with E-state index in [-0.39, 0.29) is 5.12 Å². The minimum Gasteiger partial charge on any atom is -0.287 e. The molecule has 0 saturated heterocycles. The number of benzene rings is 2. The topological polar surface area (TPSA) is 17.1 Å². The van der Waals surface area contributed by atoms with Gasteiger partial charge in [0.15, 0.2) is 5.12 Å². The first-order chi connectivity index (χ1) is 9.84. The number of hydrogen-bond acceptors (Lipinski definition) is 3. The molecule has 0 aliphatic carbocycles. The monoisotopic (exact) mass is 302 g/mol. The Kier molecular flexibility index (Phi) is 6.75. The zero-order chi connectivity index (χ0) is 14.0. The summed E-state index contributed by atoms with van der Waals surface area (Å²) in [5.41, 5.74) is 2.53. The normalized spacial score (nSPS) is 10.4. The average molecular weight is 302 g/mol. The molecule has 0 spiro atoms. The minimum absolute atomic E-state index is 0.286. The second kappa shape index (κ2) is 8.88. The largest absolute Gasteiger partial charge is 0.287 e. The van der Waals surface area contributed by atoms with Gasteiger partial charge < -0.3 is 0 Å². The summed E-state index contributed by atoms with van der Waals surface area (Å²) >= 11 is 3.25. The molecule has 0 fully saturated rings. The van der Waals surface area contributed by atoms with Crippen LogP contribution < -0.4 is 0 Å². The van der Waals surface area contributed by atoms with Crippen molar-refractivity contribution < 1.29 is 4.79 Å². The van der Waals surface area contributed by atoms with Crippen molar-refractivity contribution in [2.75, 3.05) is 5.75 Å². The van der Waals surface area contributed by atoms with Gasteiger partial charge in [-0.25, -0.2) is 0 Å². The molecule has 0 heterocycles. The van der Waals surface area contributed by atoms with Crippen LogP contribution in [0.5, 0.6) is 0 Å². The fraction of sp³-hybridized carbons (Fsp3) is 0.235. The van der Waals surface area contributed by atoms with Crippen LogP contribution in [0.15, 0.2) is 60.7 Å². The molecule has 0 radical (unpaired) electrons. The van der Waals surface area contributed by atoms with Crippen LogP contribution in [0.3, 0.4) is 0 Å². The van der Waals surface area contributed by atoms with Gasteiger partial charge in [-0.3, -0.25) is 4.79 Å². The van der Waals surface area contributed by atoms with Gasteiger partial charge in [-0.15, -0.1) is 0 Å². The summed E-state index contributed by atoms with van der Waals surface area (Å²) < 4.78 is 0. The third kappa shape index (κ3) is 5.85. The molecule has 104 valence electrons. The SMILES string of the molecule is O=C(CCSCc1ccccc1)SCc1ccccc1. The second-order valence-corrected chi connectivity index (χ2v) is 6.57. The van der Waals surface area contributed by atoms with Gasteiger partial charge in [-0.1, -0.05) is 72.4 Å². The van der Waals surface area contributed by atoms with Crippen LogP contribution in [0.1, 0.15) is 17.5 Å². The van der Waals surface area contributed by atoms with E-state index >= 15 is 0 Å². The first-order valence-corrected chi connectivity index (χ1v) is 8.80. The lowest BCUT2D eigenvalue weighted by atomic mass is 10.2. The van der Waals surface area contributed by atoms with Crippen molar-refractivity contribution >= 4 is 28.6 Å². The van der Waals surface area contributed by atoms with E-state index in [1.54, 1.807) is 0 Å². The molecular weight excluding hydrogens is 284 g/mol. The molecule has 2 aromatic carbocycles. The van der Waals surface area contributed by atoms with Crippen molar-refractivity contribution in [3.05, 3.63) is 71.8 Å². The summed E-state index contributed by atoms with van der Waals surface area (Å²) in [6, 6.07) is 20.5. The lowest BCUT2D eigenvalue weighted by Crippen LogP contribution is -1.95. The highest BCUT2D eigenvalue weighted by molar-refractivity contribution is 8.13. The molecule has 0 unspecified atom stereocenters. The maximum atomic E-state index is 11.8. The zero-order valence-corrected chi connectivity index (χ0v) is 13.0. The van der Waals surface area contributed by atoms with Gasteiger partial charge >= 0.3 is 0 Å². The van der Waals surface area contributed by atoms with Crippen LogP contribution >= 0.6 is 23.5 Å². The molecule has 20 heavy (non-hydrogen) atoms. The highest BCUT2D eigenvalue weighted by Gasteiger charge is 2.03. The van der Waals surface area contributed by atoms with Crippen LogP contribution in [0, 0.1) is 0 Å². The Hall–Kier alpha value is -1.19. The van der Waals surface area contributed by atoms with Crippen molar-refractivity contribution in [2.45, 2.75) is 17.9 Å². The predicted molar refractivity (Wildman–Crippen MR) is 90.0 cm³/mol. The first-order valence-electron chi connectivity index (χ1n) is 6.66. The van der Waals surface area contributed by atoms with Crippen molar-refractivity contribution in [1.29, 1.82) is 0 Å². The Morgan fingerprint density at radius 3 is 1.95 bits per heavy atom. The minimum atomic E-state index is 0.286. The molecule has 3 heteroatoms. The summed E-state index contributed by atoms with van der Waals surface area (Å²) in [6.07, 6.45) is 0.648. The van der Waals surface area contributed by atoms with Gasteiger partial charge in [-0.2, -0.15) is 11.8 Å². The highest BCUT2D eigenvalue weighted by Crippen LogP contribution is 2.18. The van der Waals surface area contributed by atoms with E-state index in [0.29, 0.717) is 6.42 Å². The Bertz CT molecular complexity index is 511. The van der Waals surface area contributed by atoms with E-state index in [2.05, 4.69) is 36.4 Å². The predicted octanol–water partition coefficient (Wildman–Crippen LogP) is 4.77. The molecule has 0 saturated carbocycles. The Morgan fingerprint density at radius 2 is 1.35 bits per heavy atom. The fourth-order valence-electron chi connectivity index (χ4n) is 1.73. The van der Waals surface area contributed by atoms with Gasteiger partial charge in [0.1, 0.15) is 0 Å². The van der Waals surface area contributed by atoms with Gasteiger partial charge in [0.05, 0.1) is 0 Å². The van der Waals surface area contributed by atoms with E-state index < -0.39 is 0 Å². The summed E-state index contributed by atoms with van der Waals surface area (Å²) in [4.78, 5) is 11.8. The van der Waals surface area contributed by atoms with Gasteiger partial charge in [0.2, 0.25) is 0 Å². The molecule has 2 aromatic rings. The molecule has 0 atom stereocenters. The summed E-state index contributed by atoms with van der Waals surface area (Å²) in [5, 5.41) is 0.286. The van der Waals surface area contributed by atoms with E-state index in [1.165, 1.54) is 22.9 Å². The molecule has 0 aromatic heterocycles. The molecule has 1 nitrogen and oxygen atoms in total. The van der Waals surface area contributed by atoms with Crippen molar-refractivity contribution in [2.24, 2.45) is 0 Å². The molecule has 2 rings (SSSR count). The first kappa shape index (κ1) is 15.2. The molecule has 0 bridgehead atoms. The van der Waals surface area contributed by atoms with Gasteiger partial charge in [0.25, 0.3) is 0 Å². The molecule has 0 amide bonds. The van der Waals surface area contributed by atoms with E-state index in [0.717, 1.165) is 17.3 Å². The number of carbonyl (C=O) groups excluding carboxylic acids is 1. The van der Waals surface area contributed by atoms with Crippen LogP contribution in [0.2, 0.25) is 0 Å². The van der Waals surface area contributed by atoms with Gasteiger partial charge in [0, 0.05) is 23.7 Å². The van der Waals surface area contributed by atoms with E-state index in [4.69, 9.17) is 0 Å². The standard InChI is InChI=1S/C17H18OS2/c18-17(20-14-16-9-5-2-6-10-16)11-12-19-13-15-7-3-1-4-8-15/h1-10H,11-14H2.